The largest absolute Gasteiger partial charge is 0.482 e. The summed E-state index contributed by atoms with van der Waals surface area (Å²) < 4.78 is 11.6. The summed E-state index contributed by atoms with van der Waals surface area (Å²) in [6.45, 7) is 0.592. The van der Waals surface area contributed by atoms with Crippen molar-refractivity contribution < 1.29 is 9.15 Å². The third kappa shape index (κ3) is 2.50. The average Bonchev–Trinajstić information content (AvgIpc) is 3.10. The lowest BCUT2D eigenvalue weighted by Crippen LogP contribution is -2.12. The summed E-state index contributed by atoms with van der Waals surface area (Å²) in [5.41, 5.74) is 7.64. The van der Waals surface area contributed by atoms with Crippen LogP contribution in [0.1, 0.15) is 18.1 Å². The first-order chi connectivity index (χ1) is 9.38. The van der Waals surface area contributed by atoms with Crippen LogP contribution >= 0.6 is 11.3 Å². The van der Waals surface area contributed by atoms with Gasteiger partial charge in [-0.15, -0.1) is 0 Å². The van der Waals surface area contributed by atoms with Crippen molar-refractivity contribution in [3.05, 3.63) is 52.9 Å². The summed E-state index contributed by atoms with van der Waals surface area (Å²) in [4.78, 5) is 0. The van der Waals surface area contributed by atoms with Gasteiger partial charge in [-0.25, -0.2) is 0 Å². The lowest BCUT2D eigenvalue weighted by molar-refractivity contribution is 0.198. The lowest BCUT2D eigenvalue weighted by atomic mass is 10.1. The lowest BCUT2D eigenvalue weighted by Gasteiger charge is -2.17. The molecule has 0 spiro atoms. The average molecular weight is 273 g/mol. The van der Waals surface area contributed by atoms with Crippen molar-refractivity contribution >= 4 is 22.3 Å². The van der Waals surface area contributed by atoms with Crippen LogP contribution < -0.4 is 10.5 Å². The molecule has 19 heavy (non-hydrogen) atoms. The third-order valence-electron chi connectivity index (χ3n) is 3.06. The van der Waals surface area contributed by atoms with Gasteiger partial charge in [0.25, 0.3) is 0 Å². The maximum absolute atomic E-state index is 6.10. The first-order valence-corrected chi connectivity index (χ1v) is 7.18. The molecule has 0 aliphatic carbocycles. The number of thiophene rings is 1. The van der Waals surface area contributed by atoms with Crippen LogP contribution in [-0.4, -0.2) is 6.54 Å². The van der Waals surface area contributed by atoms with Crippen LogP contribution in [0.15, 0.2) is 51.8 Å². The van der Waals surface area contributed by atoms with E-state index in [1.54, 1.807) is 17.6 Å². The zero-order chi connectivity index (χ0) is 13.1. The van der Waals surface area contributed by atoms with Crippen molar-refractivity contribution in [1.82, 2.24) is 0 Å². The van der Waals surface area contributed by atoms with E-state index in [1.165, 1.54) is 5.56 Å². The van der Waals surface area contributed by atoms with Gasteiger partial charge in [-0.1, -0.05) is 12.1 Å². The molecule has 1 atom stereocenters. The Bertz CT molecular complexity index is 645. The fraction of sp³-hybridized carbons (Fsp3) is 0.200. The van der Waals surface area contributed by atoms with E-state index in [2.05, 4.69) is 16.8 Å². The van der Waals surface area contributed by atoms with E-state index in [0.29, 0.717) is 6.54 Å². The molecule has 3 rings (SSSR count). The van der Waals surface area contributed by atoms with Gasteiger partial charge in [-0.3, -0.25) is 0 Å². The van der Waals surface area contributed by atoms with E-state index < -0.39 is 0 Å². The summed E-state index contributed by atoms with van der Waals surface area (Å²) in [7, 11) is 0. The van der Waals surface area contributed by atoms with E-state index in [4.69, 9.17) is 14.9 Å². The molecule has 3 nitrogen and oxygen atoms in total. The Balaban J connectivity index is 1.91. The van der Waals surface area contributed by atoms with Gasteiger partial charge in [-0.05, 0) is 35.5 Å². The molecule has 2 heterocycles. The second kappa shape index (κ2) is 5.47. The number of furan rings is 1. The monoisotopic (exact) mass is 273 g/mol. The molecular weight excluding hydrogens is 258 g/mol. The van der Waals surface area contributed by atoms with Crippen LogP contribution in [0.5, 0.6) is 5.75 Å². The molecule has 4 heteroatoms. The first-order valence-electron chi connectivity index (χ1n) is 6.23. The molecule has 0 fully saturated rings. The summed E-state index contributed by atoms with van der Waals surface area (Å²) >= 11 is 1.67. The minimum Gasteiger partial charge on any atom is -0.482 e. The quantitative estimate of drug-likeness (QED) is 0.765. The molecule has 1 aromatic carbocycles. The van der Waals surface area contributed by atoms with E-state index in [0.717, 1.165) is 23.1 Å². The standard InChI is InChI=1S/C15H15NO2S/c16-7-4-13(12-6-9-19-10-12)18-14-3-1-2-11-5-8-17-15(11)14/h1-3,5-6,8-10,13H,4,7,16H2. The maximum atomic E-state index is 6.10. The summed E-state index contributed by atoms with van der Waals surface area (Å²) in [6.07, 6.45) is 2.44. The number of para-hydroxylation sites is 1. The van der Waals surface area contributed by atoms with E-state index in [9.17, 15) is 0 Å². The number of rotatable bonds is 5. The SMILES string of the molecule is NCCC(Oc1cccc2ccoc12)c1ccsc1. The zero-order valence-electron chi connectivity index (χ0n) is 10.4. The van der Waals surface area contributed by atoms with Gasteiger partial charge < -0.3 is 14.9 Å². The van der Waals surface area contributed by atoms with Crippen molar-refractivity contribution in [1.29, 1.82) is 0 Å². The predicted molar refractivity (Wildman–Crippen MR) is 77.6 cm³/mol. The number of ether oxygens (including phenoxy) is 1. The highest BCUT2D eigenvalue weighted by Crippen LogP contribution is 2.32. The number of nitrogens with two attached hydrogens (primary N) is 1. The Kier molecular flexibility index (Phi) is 3.53. The molecule has 0 radical (unpaired) electrons. The Morgan fingerprint density at radius 3 is 3.00 bits per heavy atom. The number of benzene rings is 1. The molecule has 2 aromatic heterocycles. The van der Waals surface area contributed by atoms with Crippen LogP contribution in [0.25, 0.3) is 11.0 Å². The van der Waals surface area contributed by atoms with Crippen LogP contribution in [0, 0.1) is 0 Å². The van der Waals surface area contributed by atoms with Crippen LogP contribution in [-0.2, 0) is 0 Å². The van der Waals surface area contributed by atoms with Crippen molar-refractivity contribution in [2.24, 2.45) is 5.73 Å². The smallest absolute Gasteiger partial charge is 0.175 e. The van der Waals surface area contributed by atoms with Gasteiger partial charge in [0.2, 0.25) is 0 Å². The molecule has 0 bridgehead atoms. The van der Waals surface area contributed by atoms with Gasteiger partial charge in [0.1, 0.15) is 6.10 Å². The second-order valence-electron chi connectivity index (χ2n) is 4.34. The molecule has 1 unspecified atom stereocenters. The predicted octanol–water partition coefficient (Wildman–Crippen LogP) is 3.96. The molecule has 0 aliphatic rings. The molecule has 3 aromatic rings. The highest BCUT2D eigenvalue weighted by Gasteiger charge is 2.15. The number of hydrogen-bond acceptors (Lipinski definition) is 4. The van der Waals surface area contributed by atoms with Crippen molar-refractivity contribution in [2.75, 3.05) is 6.54 Å². The molecule has 0 aliphatic heterocycles. The van der Waals surface area contributed by atoms with Crippen LogP contribution in [0.4, 0.5) is 0 Å². The highest BCUT2D eigenvalue weighted by atomic mass is 32.1. The van der Waals surface area contributed by atoms with Crippen LogP contribution in [0.3, 0.4) is 0 Å². The fourth-order valence-corrected chi connectivity index (χ4v) is 2.82. The minimum atomic E-state index is -0.0213. The highest BCUT2D eigenvalue weighted by molar-refractivity contribution is 7.07. The van der Waals surface area contributed by atoms with Crippen molar-refractivity contribution in [2.45, 2.75) is 12.5 Å². The molecule has 2 N–H and O–H groups in total. The maximum Gasteiger partial charge on any atom is 0.175 e. The summed E-state index contributed by atoms with van der Waals surface area (Å²) in [5.74, 6) is 0.771. The van der Waals surface area contributed by atoms with Crippen molar-refractivity contribution in [3.63, 3.8) is 0 Å². The Labute approximate surface area is 115 Å². The topological polar surface area (TPSA) is 48.4 Å². The Morgan fingerprint density at radius 2 is 2.21 bits per heavy atom. The zero-order valence-corrected chi connectivity index (χ0v) is 11.2. The molecule has 98 valence electrons. The first kappa shape index (κ1) is 12.3. The van der Waals surface area contributed by atoms with Gasteiger partial charge >= 0.3 is 0 Å². The minimum absolute atomic E-state index is 0.0213. The van der Waals surface area contributed by atoms with Gasteiger partial charge in [0.05, 0.1) is 6.26 Å². The second-order valence-corrected chi connectivity index (χ2v) is 5.12. The van der Waals surface area contributed by atoms with E-state index in [1.807, 2.05) is 24.3 Å². The fourth-order valence-electron chi connectivity index (χ4n) is 2.11. The molecule has 0 amide bonds. The molecular formula is C15H15NO2S. The van der Waals surface area contributed by atoms with Gasteiger partial charge in [0, 0.05) is 17.4 Å². The summed E-state index contributed by atoms with van der Waals surface area (Å²) in [6, 6.07) is 9.92. The normalized spacial score (nSPS) is 12.7. The number of fused-ring (bicyclic) bond motifs is 1. The van der Waals surface area contributed by atoms with E-state index >= 15 is 0 Å². The van der Waals surface area contributed by atoms with E-state index in [-0.39, 0.29) is 6.10 Å². The van der Waals surface area contributed by atoms with Gasteiger partial charge in [-0.2, -0.15) is 11.3 Å². The summed E-state index contributed by atoms with van der Waals surface area (Å²) in [5, 5.41) is 5.20. The van der Waals surface area contributed by atoms with Crippen molar-refractivity contribution in [3.8, 4) is 5.75 Å². The molecule has 0 saturated heterocycles. The number of hydrogen-bond donors (Lipinski definition) is 1. The Morgan fingerprint density at radius 1 is 1.26 bits per heavy atom. The molecule has 0 saturated carbocycles. The third-order valence-corrected chi connectivity index (χ3v) is 3.76. The van der Waals surface area contributed by atoms with Crippen LogP contribution in [0.2, 0.25) is 0 Å². The Hall–Kier alpha value is -1.78. The van der Waals surface area contributed by atoms with Gasteiger partial charge in [0.15, 0.2) is 11.3 Å².